The molecule has 158 valence electrons. The standard InChI is InChI=1S/C22H33N5O2/c1-15-20(14-26(2)25-15)21(23)3-4-22(24)29-19-9-17-12-27(13-18(17)10-19)11-16-5-7-28-8-6-16/h3-4,14,16-19,23-24H,5-13H2,1-2H3/b4-3-,23-21?,24-22?/t17-,18?,19?/m0/s1. The van der Waals surface area contributed by atoms with E-state index in [1.54, 1.807) is 16.8 Å². The number of nitrogens with zero attached hydrogens (tertiary/aromatic N) is 3. The molecule has 0 bridgehead atoms. The van der Waals surface area contributed by atoms with Crippen molar-refractivity contribution in [2.75, 3.05) is 32.8 Å². The number of aryl methyl sites for hydroxylation is 2. The van der Waals surface area contributed by atoms with Gasteiger partial charge in [0.15, 0.2) is 0 Å². The van der Waals surface area contributed by atoms with E-state index in [0.717, 1.165) is 43.2 Å². The van der Waals surface area contributed by atoms with Gasteiger partial charge < -0.3 is 19.8 Å². The van der Waals surface area contributed by atoms with Crippen LogP contribution in [0.2, 0.25) is 0 Å². The van der Waals surface area contributed by atoms with Crippen LogP contribution in [-0.2, 0) is 16.5 Å². The molecule has 7 nitrogen and oxygen atoms in total. The van der Waals surface area contributed by atoms with Crippen molar-refractivity contribution in [2.45, 2.75) is 38.7 Å². The van der Waals surface area contributed by atoms with Crippen LogP contribution in [-0.4, -0.2) is 65.2 Å². The quantitative estimate of drug-likeness (QED) is 0.569. The summed E-state index contributed by atoms with van der Waals surface area (Å²) >= 11 is 0. The number of hydrogen-bond acceptors (Lipinski definition) is 6. The van der Waals surface area contributed by atoms with Crippen LogP contribution in [0.4, 0.5) is 0 Å². The van der Waals surface area contributed by atoms with Crippen molar-refractivity contribution in [3.63, 3.8) is 0 Å². The zero-order valence-corrected chi connectivity index (χ0v) is 17.6. The van der Waals surface area contributed by atoms with Crippen molar-refractivity contribution >= 4 is 11.6 Å². The maximum Gasteiger partial charge on any atom is 0.206 e. The first-order valence-electron chi connectivity index (χ1n) is 10.8. The number of aromatic nitrogens is 2. The summed E-state index contributed by atoms with van der Waals surface area (Å²) in [5, 5.41) is 20.6. The third-order valence-electron chi connectivity index (χ3n) is 6.64. The molecule has 1 aromatic heterocycles. The highest BCUT2D eigenvalue weighted by Gasteiger charge is 2.42. The minimum Gasteiger partial charge on any atom is -0.475 e. The Balaban J connectivity index is 1.21. The van der Waals surface area contributed by atoms with E-state index in [4.69, 9.17) is 20.3 Å². The third kappa shape index (κ3) is 4.95. The van der Waals surface area contributed by atoms with Crippen molar-refractivity contribution in [3.05, 3.63) is 29.6 Å². The van der Waals surface area contributed by atoms with Crippen molar-refractivity contribution < 1.29 is 9.47 Å². The molecule has 3 atom stereocenters. The van der Waals surface area contributed by atoms with Gasteiger partial charge in [-0.3, -0.25) is 10.1 Å². The van der Waals surface area contributed by atoms with Gasteiger partial charge in [-0.2, -0.15) is 5.10 Å². The molecule has 4 rings (SSSR count). The largest absolute Gasteiger partial charge is 0.475 e. The normalized spacial score (nSPS) is 28.1. The molecular formula is C22H33N5O2. The van der Waals surface area contributed by atoms with E-state index < -0.39 is 0 Å². The van der Waals surface area contributed by atoms with Crippen molar-refractivity contribution in [1.82, 2.24) is 14.7 Å². The van der Waals surface area contributed by atoms with E-state index in [9.17, 15) is 0 Å². The fraction of sp³-hybridized carbons (Fsp3) is 0.682. The summed E-state index contributed by atoms with van der Waals surface area (Å²) in [5.41, 5.74) is 1.97. The second-order valence-electron chi connectivity index (χ2n) is 8.92. The molecule has 1 aliphatic carbocycles. The molecule has 2 N–H and O–H groups in total. The molecule has 3 aliphatic rings. The second kappa shape index (κ2) is 8.79. The number of rotatable bonds is 6. The van der Waals surface area contributed by atoms with Gasteiger partial charge in [-0.1, -0.05) is 0 Å². The first kappa shape index (κ1) is 20.3. The lowest BCUT2D eigenvalue weighted by atomic mass is 10.00. The molecule has 0 radical (unpaired) electrons. The Kier molecular flexibility index (Phi) is 6.15. The molecule has 0 spiro atoms. The molecular weight excluding hydrogens is 366 g/mol. The minimum absolute atomic E-state index is 0.140. The molecule has 7 heteroatoms. The van der Waals surface area contributed by atoms with Crippen molar-refractivity contribution in [2.24, 2.45) is 24.8 Å². The monoisotopic (exact) mass is 399 g/mol. The van der Waals surface area contributed by atoms with Gasteiger partial charge in [-0.25, -0.2) is 0 Å². The Morgan fingerprint density at radius 2 is 1.90 bits per heavy atom. The summed E-state index contributed by atoms with van der Waals surface area (Å²) in [7, 11) is 1.85. The third-order valence-corrected chi connectivity index (χ3v) is 6.64. The lowest BCUT2D eigenvalue weighted by molar-refractivity contribution is 0.0539. The lowest BCUT2D eigenvalue weighted by Gasteiger charge is -2.27. The van der Waals surface area contributed by atoms with Crippen molar-refractivity contribution in [1.29, 1.82) is 10.8 Å². The van der Waals surface area contributed by atoms with Crippen LogP contribution in [0.25, 0.3) is 0 Å². The molecule has 3 fully saturated rings. The molecule has 1 saturated carbocycles. The smallest absolute Gasteiger partial charge is 0.206 e. The van der Waals surface area contributed by atoms with E-state index >= 15 is 0 Å². The molecule has 2 saturated heterocycles. The van der Waals surface area contributed by atoms with Crippen LogP contribution < -0.4 is 0 Å². The summed E-state index contributed by atoms with van der Waals surface area (Å²) in [4.78, 5) is 2.64. The van der Waals surface area contributed by atoms with E-state index in [0.29, 0.717) is 17.5 Å². The van der Waals surface area contributed by atoms with Gasteiger partial charge in [0.25, 0.3) is 0 Å². The Labute approximate surface area is 173 Å². The highest BCUT2D eigenvalue weighted by atomic mass is 16.5. The predicted octanol–water partition coefficient (Wildman–Crippen LogP) is 2.78. The number of hydrogen-bond donors (Lipinski definition) is 2. The fourth-order valence-electron chi connectivity index (χ4n) is 5.21. The zero-order chi connectivity index (χ0) is 20.4. The van der Waals surface area contributed by atoms with Crippen molar-refractivity contribution in [3.8, 4) is 0 Å². The number of allylic oxidation sites excluding steroid dienone is 1. The number of fused-ring (bicyclic) bond motifs is 1. The zero-order valence-electron chi connectivity index (χ0n) is 17.6. The van der Waals surface area contributed by atoms with E-state index in [-0.39, 0.29) is 12.0 Å². The Bertz CT molecular complexity index is 766. The van der Waals surface area contributed by atoms with Gasteiger partial charge in [-0.05, 0) is 56.4 Å². The topological polar surface area (TPSA) is 87.2 Å². The van der Waals surface area contributed by atoms with Crippen LogP contribution in [0.3, 0.4) is 0 Å². The maximum absolute atomic E-state index is 8.19. The van der Waals surface area contributed by atoms with Crippen LogP contribution in [0.1, 0.15) is 36.9 Å². The summed E-state index contributed by atoms with van der Waals surface area (Å²) < 4.78 is 13.1. The number of ether oxygens (including phenoxy) is 2. The van der Waals surface area contributed by atoms with Gasteiger partial charge in [-0.15, -0.1) is 0 Å². The van der Waals surface area contributed by atoms with Gasteiger partial charge in [0, 0.05) is 57.7 Å². The predicted molar refractivity (Wildman–Crippen MR) is 113 cm³/mol. The van der Waals surface area contributed by atoms with E-state index in [1.165, 1.54) is 32.5 Å². The van der Waals surface area contributed by atoms with Crippen LogP contribution in [0, 0.1) is 35.5 Å². The Hall–Kier alpha value is -1.99. The van der Waals surface area contributed by atoms with E-state index in [2.05, 4.69) is 10.00 Å². The highest BCUT2D eigenvalue weighted by Crippen LogP contribution is 2.40. The summed E-state index contributed by atoms with van der Waals surface area (Å²) in [5.74, 6) is 2.35. The second-order valence-corrected chi connectivity index (χ2v) is 8.92. The van der Waals surface area contributed by atoms with Gasteiger partial charge in [0.1, 0.15) is 6.10 Å². The highest BCUT2D eigenvalue weighted by molar-refractivity contribution is 6.09. The molecule has 3 heterocycles. The van der Waals surface area contributed by atoms with Gasteiger partial charge >= 0.3 is 0 Å². The number of likely N-dealkylation sites (tertiary alicyclic amines) is 1. The fourth-order valence-corrected chi connectivity index (χ4v) is 5.21. The molecule has 2 unspecified atom stereocenters. The summed E-state index contributed by atoms with van der Waals surface area (Å²) in [6.07, 6.45) is 9.70. The first-order valence-corrected chi connectivity index (χ1v) is 10.8. The maximum atomic E-state index is 8.19. The molecule has 0 amide bonds. The first-order chi connectivity index (χ1) is 14.0. The molecule has 29 heavy (non-hydrogen) atoms. The minimum atomic E-state index is 0.140. The van der Waals surface area contributed by atoms with Crippen LogP contribution >= 0.6 is 0 Å². The van der Waals surface area contributed by atoms with Gasteiger partial charge in [0.05, 0.1) is 11.4 Å². The van der Waals surface area contributed by atoms with Crippen LogP contribution in [0.15, 0.2) is 18.3 Å². The van der Waals surface area contributed by atoms with E-state index in [1.807, 2.05) is 20.2 Å². The number of nitrogens with one attached hydrogen (secondary N) is 2. The molecule has 2 aliphatic heterocycles. The average molecular weight is 400 g/mol. The van der Waals surface area contributed by atoms with Crippen LogP contribution in [0.5, 0.6) is 0 Å². The molecule has 0 aromatic carbocycles. The van der Waals surface area contributed by atoms with Gasteiger partial charge in [0.2, 0.25) is 5.90 Å². The SMILES string of the molecule is Cc1nn(C)cc1C(=N)/C=C\C(=N)OC1CC2CN(CC3CCOCC3)C[C@@H]2C1. The Morgan fingerprint density at radius 1 is 1.21 bits per heavy atom. The molecule has 1 aromatic rings. The lowest BCUT2D eigenvalue weighted by Crippen LogP contribution is -2.32. The summed E-state index contributed by atoms with van der Waals surface area (Å²) in [6.45, 7) is 7.31. The summed E-state index contributed by atoms with van der Waals surface area (Å²) in [6, 6.07) is 0. The Morgan fingerprint density at radius 3 is 2.52 bits per heavy atom. The average Bonchev–Trinajstić information content (AvgIpc) is 3.33.